The Morgan fingerprint density at radius 3 is 2.15 bits per heavy atom. The highest BCUT2D eigenvalue weighted by atomic mass is 16.5. The van der Waals surface area contributed by atoms with Gasteiger partial charge in [-0.2, -0.15) is 0 Å². The zero-order valence-electron chi connectivity index (χ0n) is 37.1. The van der Waals surface area contributed by atoms with Gasteiger partial charge in [-0.3, -0.25) is 43.7 Å². The fourth-order valence-electron chi connectivity index (χ4n) is 6.61. The Morgan fingerprint density at radius 2 is 1.38 bits per heavy atom. The molecule has 0 bridgehead atoms. The highest BCUT2D eigenvalue weighted by Crippen LogP contribution is 2.20. The van der Waals surface area contributed by atoms with E-state index in [1.54, 1.807) is 36.4 Å². The van der Waals surface area contributed by atoms with Crippen LogP contribution >= 0.6 is 0 Å². The van der Waals surface area contributed by atoms with Crippen molar-refractivity contribution in [1.82, 2.24) is 42.5 Å². The monoisotopic (exact) mass is 912 g/mol. The largest absolute Gasteiger partial charge is 0.377 e. The molecule has 1 heterocycles. The van der Waals surface area contributed by atoms with Crippen LogP contribution in [0.2, 0.25) is 0 Å². The van der Waals surface area contributed by atoms with E-state index in [4.69, 9.17) is 20.9 Å². The van der Waals surface area contributed by atoms with Crippen LogP contribution in [0.1, 0.15) is 44.2 Å². The Balaban J connectivity index is 1.60. The van der Waals surface area contributed by atoms with E-state index in [1.165, 1.54) is 13.8 Å². The van der Waals surface area contributed by atoms with Gasteiger partial charge in [0, 0.05) is 30.9 Å². The molecule has 0 spiro atoms. The summed E-state index contributed by atoms with van der Waals surface area (Å²) in [6.45, 7) is 1.99. The van der Waals surface area contributed by atoms with Crippen molar-refractivity contribution >= 4 is 57.9 Å². The molecule has 0 unspecified atom stereocenters. The molecule has 66 heavy (non-hydrogen) atoms. The van der Waals surface area contributed by atoms with Gasteiger partial charge >= 0.3 is 0 Å². The summed E-state index contributed by atoms with van der Waals surface area (Å²) >= 11 is 0. The maximum atomic E-state index is 14.1. The van der Waals surface area contributed by atoms with Gasteiger partial charge in [0.1, 0.15) is 25.0 Å². The molecule has 0 aliphatic carbocycles. The smallest absolute Gasteiger partial charge is 0.255 e. The third-order valence-corrected chi connectivity index (χ3v) is 10.1. The number of fused-ring (bicyclic) bond motifs is 1. The Hall–Kier alpha value is -6.76. The molecule has 3 aromatic carbocycles. The molecular weight excluding hydrogens is 853 g/mol. The maximum absolute atomic E-state index is 14.1. The highest BCUT2D eigenvalue weighted by Gasteiger charge is 2.29. The van der Waals surface area contributed by atoms with Gasteiger partial charge in [0.05, 0.1) is 39.0 Å². The lowest BCUT2D eigenvalue weighted by atomic mass is 9.96. The fraction of sp³-hybridized carbons (Fsp3) is 0.435. The molecule has 1 fully saturated rings. The highest BCUT2D eigenvalue weighted by molar-refractivity contribution is 5.97. The lowest BCUT2D eigenvalue weighted by Crippen LogP contribution is -2.55. The van der Waals surface area contributed by atoms with Crippen molar-refractivity contribution in [3.05, 3.63) is 83.9 Å². The number of carbonyl (C=O) groups excluding carboxylic acids is 8. The predicted octanol–water partition coefficient (Wildman–Crippen LogP) is -2.05. The second kappa shape index (κ2) is 27.5. The number of hydrogen-bond donors (Lipinski definition) is 10. The summed E-state index contributed by atoms with van der Waals surface area (Å²) in [7, 11) is 0. The first kappa shape index (κ1) is 51.9. The van der Waals surface area contributed by atoms with Gasteiger partial charge in [-0.1, -0.05) is 79.4 Å². The van der Waals surface area contributed by atoms with Gasteiger partial charge in [0.15, 0.2) is 11.8 Å². The van der Waals surface area contributed by atoms with Gasteiger partial charge < -0.3 is 58.2 Å². The summed E-state index contributed by atoms with van der Waals surface area (Å²) in [5.41, 5.74) is 12.4. The summed E-state index contributed by atoms with van der Waals surface area (Å²) in [6.07, 6.45) is -0.724. The predicted molar refractivity (Wildman–Crippen MR) is 243 cm³/mol. The molecular formula is C46H60N10O10. The van der Waals surface area contributed by atoms with Crippen molar-refractivity contribution in [1.29, 1.82) is 0 Å². The normalized spacial score (nSPS) is 22.3. The van der Waals surface area contributed by atoms with Crippen LogP contribution in [-0.4, -0.2) is 130 Å². The third kappa shape index (κ3) is 18.4. The summed E-state index contributed by atoms with van der Waals surface area (Å²) in [5, 5.41) is 22.6. The van der Waals surface area contributed by atoms with Crippen LogP contribution in [-0.2, 0) is 54.3 Å². The molecule has 1 saturated heterocycles. The van der Waals surface area contributed by atoms with Gasteiger partial charge in [0.25, 0.3) is 5.91 Å². The van der Waals surface area contributed by atoms with E-state index in [0.29, 0.717) is 24.1 Å². The first-order valence-corrected chi connectivity index (χ1v) is 21.7. The van der Waals surface area contributed by atoms with E-state index in [9.17, 15) is 38.4 Å². The SMILES string of the molecule is C[C@@H]1CC(=O)[C@H](CCCNC(N)N)NC(=O)CNC(=O)[C@H](Cc2cccc3ccccc23)NC(=O)[C@H](C#Cc2ccccc2)NC(=O)COCCOCCNC(=O)CNC(=O)[C@H](C)NC1=O. The fourth-order valence-corrected chi connectivity index (χ4v) is 6.61. The van der Waals surface area contributed by atoms with Gasteiger partial charge in [-0.15, -0.1) is 0 Å². The Bertz CT molecular complexity index is 2210. The van der Waals surface area contributed by atoms with Crippen LogP contribution in [0.15, 0.2) is 72.8 Å². The quantitative estimate of drug-likeness (QED) is 0.0695. The molecule has 354 valence electrons. The molecule has 0 saturated carbocycles. The molecule has 20 heteroatoms. The molecule has 4 rings (SSSR count). The number of hydrogen-bond acceptors (Lipinski definition) is 13. The van der Waals surface area contributed by atoms with Crippen molar-refractivity contribution in [2.75, 3.05) is 52.6 Å². The molecule has 3 aromatic rings. The molecule has 12 N–H and O–H groups in total. The summed E-state index contributed by atoms with van der Waals surface area (Å²) < 4.78 is 10.9. The van der Waals surface area contributed by atoms with Crippen LogP contribution in [0.5, 0.6) is 0 Å². The Labute approximate surface area is 383 Å². The number of rotatable bonds is 7. The van der Waals surface area contributed by atoms with Crippen LogP contribution in [0, 0.1) is 17.8 Å². The second-order valence-corrected chi connectivity index (χ2v) is 15.5. The van der Waals surface area contributed by atoms with Gasteiger partial charge in [-0.25, -0.2) is 0 Å². The van der Waals surface area contributed by atoms with Crippen molar-refractivity contribution in [3.63, 3.8) is 0 Å². The molecule has 20 nitrogen and oxygen atoms in total. The number of ketones is 1. The lowest BCUT2D eigenvalue weighted by Gasteiger charge is -2.23. The number of Topliss-reactive ketones (excluding diaryl/α,β-unsaturated/α-hetero) is 1. The first-order valence-electron chi connectivity index (χ1n) is 21.7. The summed E-state index contributed by atoms with van der Waals surface area (Å²) in [6, 6.07) is 16.8. The standard InChI is InChI=1S/C46H60N10O10/c1-29-24-38(57)35(16-9-19-50-46(47)48)54-40(59)27-52-44(63)37(25-33-14-8-13-32-12-6-7-15-34(32)33)56-45(64)36(18-17-31-10-4-3-5-11-31)55-41(60)28-66-23-22-65-21-20-49-39(58)26-51-43(62)30(2)53-42(29)61/h3-8,10-15,29-30,35-37,46,50H,9,16,19-28,47-48H2,1-2H3,(H,49,58)(H,51,62)(H,52,63)(H,53,61)(H,54,59)(H,55,60)(H,56,64)/t29-,30+,35+,36+,37+/m1/s1. The summed E-state index contributed by atoms with van der Waals surface area (Å²) in [4.78, 5) is 106. The average Bonchev–Trinajstić information content (AvgIpc) is 3.30. The van der Waals surface area contributed by atoms with Crippen molar-refractivity contribution in [3.8, 4) is 11.8 Å². The number of nitrogens with one attached hydrogen (secondary N) is 8. The van der Waals surface area contributed by atoms with Crippen molar-refractivity contribution in [2.24, 2.45) is 17.4 Å². The number of amides is 7. The minimum atomic E-state index is -1.46. The third-order valence-electron chi connectivity index (χ3n) is 10.1. The van der Waals surface area contributed by atoms with Crippen LogP contribution in [0.4, 0.5) is 0 Å². The number of nitrogens with two attached hydrogens (primary N) is 2. The maximum Gasteiger partial charge on any atom is 0.255 e. The van der Waals surface area contributed by atoms with Crippen molar-refractivity contribution < 1.29 is 47.8 Å². The Morgan fingerprint density at radius 1 is 0.682 bits per heavy atom. The van der Waals surface area contributed by atoms with E-state index >= 15 is 0 Å². The van der Waals surface area contributed by atoms with E-state index in [-0.39, 0.29) is 52.2 Å². The molecule has 1 aliphatic heterocycles. The lowest BCUT2D eigenvalue weighted by molar-refractivity contribution is -0.134. The zero-order valence-corrected chi connectivity index (χ0v) is 37.1. The molecule has 0 aromatic heterocycles. The second-order valence-electron chi connectivity index (χ2n) is 15.5. The topological polar surface area (TPSA) is 303 Å². The molecule has 7 amide bonds. The van der Waals surface area contributed by atoms with E-state index in [0.717, 1.165) is 10.8 Å². The number of benzene rings is 3. The zero-order chi connectivity index (χ0) is 47.8. The minimum absolute atomic E-state index is 0.0117. The minimum Gasteiger partial charge on any atom is -0.377 e. The van der Waals surface area contributed by atoms with Crippen LogP contribution in [0.25, 0.3) is 10.8 Å². The molecule has 0 radical (unpaired) electrons. The first-order chi connectivity index (χ1) is 31.7. The van der Waals surface area contributed by atoms with E-state index < -0.39 is 96.7 Å². The Kier molecular flexibility index (Phi) is 21.6. The van der Waals surface area contributed by atoms with Gasteiger partial charge in [-0.05, 0) is 54.8 Å². The van der Waals surface area contributed by atoms with Crippen LogP contribution in [0.3, 0.4) is 0 Å². The van der Waals surface area contributed by atoms with E-state index in [2.05, 4.69) is 54.4 Å². The van der Waals surface area contributed by atoms with Gasteiger partial charge in [0.2, 0.25) is 35.4 Å². The van der Waals surface area contributed by atoms with Crippen LogP contribution < -0.4 is 54.0 Å². The van der Waals surface area contributed by atoms with Crippen molar-refractivity contribution in [2.45, 2.75) is 70.0 Å². The average molecular weight is 913 g/mol. The number of ether oxygens (including phenoxy) is 2. The number of carbonyl (C=O) groups is 8. The summed E-state index contributed by atoms with van der Waals surface area (Å²) in [5.74, 6) is -0.514. The molecule has 1 aliphatic rings. The van der Waals surface area contributed by atoms with E-state index in [1.807, 2.05) is 36.4 Å². The molecule has 5 atom stereocenters.